The van der Waals surface area contributed by atoms with Gasteiger partial charge in [0.15, 0.2) is 0 Å². The van der Waals surface area contributed by atoms with Crippen molar-refractivity contribution in [2.75, 3.05) is 0 Å². The highest BCUT2D eigenvalue weighted by Crippen LogP contribution is 2.27. The number of rotatable bonds is 9. The lowest BCUT2D eigenvalue weighted by atomic mass is 9.99. The molecule has 1 aliphatic rings. The molecule has 0 unspecified atom stereocenters. The van der Waals surface area contributed by atoms with E-state index in [4.69, 9.17) is 0 Å². The monoisotopic (exact) mass is 440 g/mol. The van der Waals surface area contributed by atoms with Crippen LogP contribution in [0.3, 0.4) is 0 Å². The van der Waals surface area contributed by atoms with E-state index in [0.717, 1.165) is 35.3 Å². The van der Waals surface area contributed by atoms with Gasteiger partial charge in [0, 0.05) is 6.42 Å². The highest BCUT2D eigenvalue weighted by atomic mass is 16.2. The van der Waals surface area contributed by atoms with Gasteiger partial charge in [-0.25, -0.2) is 0 Å². The Morgan fingerprint density at radius 1 is 0.818 bits per heavy atom. The molecule has 2 atom stereocenters. The molecule has 5 heteroatoms. The van der Waals surface area contributed by atoms with Crippen LogP contribution in [0.2, 0.25) is 0 Å². The zero-order valence-corrected chi connectivity index (χ0v) is 18.7. The van der Waals surface area contributed by atoms with Crippen molar-refractivity contribution in [3.8, 4) is 0 Å². The lowest BCUT2D eigenvalue weighted by Crippen LogP contribution is -2.51. The number of benzene rings is 3. The summed E-state index contributed by atoms with van der Waals surface area (Å²) in [6.07, 6.45) is 3.00. The van der Waals surface area contributed by atoms with Crippen molar-refractivity contribution in [1.29, 1.82) is 0 Å². The minimum absolute atomic E-state index is 0.188. The first kappa shape index (κ1) is 22.5. The van der Waals surface area contributed by atoms with Gasteiger partial charge in [-0.1, -0.05) is 92.6 Å². The van der Waals surface area contributed by atoms with E-state index in [0.29, 0.717) is 11.1 Å². The number of unbranched alkanes of at least 4 members (excludes halogenated alkanes) is 1. The normalized spacial score (nSPS) is 14.6. The SMILES string of the molecule is CCCC[C@H](NC(=O)[C@@H](Cc1ccccc1)N1C(=O)c2ccccc2C1=O)c1ccccc1. The van der Waals surface area contributed by atoms with E-state index in [1.54, 1.807) is 24.3 Å². The van der Waals surface area contributed by atoms with Crippen molar-refractivity contribution in [2.45, 2.75) is 44.7 Å². The molecule has 0 aliphatic carbocycles. The van der Waals surface area contributed by atoms with E-state index in [-0.39, 0.29) is 18.4 Å². The lowest BCUT2D eigenvalue weighted by Gasteiger charge is -2.28. The molecule has 0 bridgehead atoms. The molecule has 0 radical (unpaired) electrons. The highest BCUT2D eigenvalue weighted by molar-refractivity contribution is 6.22. The summed E-state index contributed by atoms with van der Waals surface area (Å²) >= 11 is 0. The van der Waals surface area contributed by atoms with E-state index in [9.17, 15) is 14.4 Å². The quantitative estimate of drug-likeness (QED) is 0.479. The molecule has 5 nitrogen and oxygen atoms in total. The number of carbonyl (C=O) groups excluding carboxylic acids is 3. The van der Waals surface area contributed by atoms with Crippen molar-refractivity contribution in [3.63, 3.8) is 0 Å². The molecule has 0 spiro atoms. The third kappa shape index (κ3) is 4.87. The number of hydrogen-bond donors (Lipinski definition) is 1. The van der Waals surface area contributed by atoms with Crippen LogP contribution in [0.4, 0.5) is 0 Å². The fraction of sp³-hybridized carbons (Fsp3) is 0.250. The zero-order valence-electron chi connectivity index (χ0n) is 18.7. The van der Waals surface area contributed by atoms with E-state index >= 15 is 0 Å². The van der Waals surface area contributed by atoms with Crippen LogP contribution < -0.4 is 5.32 Å². The molecule has 3 aromatic rings. The summed E-state index contributed by atoms with van der Waals surface area (Å²) in [5, 5.41) is 3.15. The first-order valence-corrected chi connectivity index (χ1v) is 11.5. The molecule has 3 amide bonds. The second-order valence-corrected chi connectivity index (χ2v) is 8.35. The fourth-order valence-electron chi connectivity index (χ4n) is 4.31. The zero-order chi connectivity index (χ0) is 23.2. The minimum Gasteiger partial charge on any atom is -0.347 e. The standard InChI is InChI=1S/C28H28N2O3/c1-2-3-18-24(21-14-8-5-9-15-21)29-26(31)25(19-20-12-6-4-7-13-20)30-27(32)22-16-10-11-17-23(22)28(30)33/h4-17,24-25H,2-3,18-19H2,1H3,(H,29,31)/t24-,25+/m0/s1. The summed E-state index contributed by atoms with van der Waals surface area (Å²) < 4.78 is 0. The molecule has 3 aromatic carbocycles. The van der Waals surface area contributed by atoms with Crippen LogP contribution in [-0.4, -0.2) is 28.7 Å². The number of carbonyl (C=O) groups is 3. The summed E-state index contributed by atoms with van der Waals surface area (Å²) in [7, 11) is 0. The van der Waals surface area contributed by atoms with Crippen molar-refractivity contribution in [1.82, 2.24) is 10.2 Å². The third-order valence-corrected chi connectivity index (χ3v) is 6.08. The Hall–Kier alpha value is -3.73. The third-order valence-electron chi connectivity index (χ3n) is 6.08. The van der Waals surface area contributed by atoms with Gasteiger partial charge in [0.1, 0.15) is 6.04 Å². The molecule has 0 aromatic heterocycles. The van der Waals surface area contributed by atoms with Crippen molar-refractivity contribution < 1.29 is 14.4 Å². The van der Waals surface area contributed by atoms with Crippen molar-refractivity contribution >= 4 is 17.7 Å². The smallest absolute Gasteiger partial charge is 0.262 e. The Kier molecular flexibility index (Phi) is 6.98. The van der Waals surface area contributed by atoms with E-state index in [1.165, 1.54) is 0 Å². The number of nitrogens with one attached hydrogen (secondary N) is 1. The van der Waals surface area contributed by atoms with Crippen molar-refractivity contribution in [3.05, 3.63) is 107 Å². The first-order chi connectivity index (χ1) is 16.1. The number of hydrogen-bond acceptors (Lipinski definition) is 3. The predicted molar refractivity (Wildman–Crippen MR) is 128 cm³/mol. The summed E-state index contributed by atoms with van der Waals surface area (Å²) in [4.78, 5) is 41.2. The van der Waals surface area contributed by atoms with Crippen LogP contribution in [0, 0.1) is 0 Å². The largest absolute Gasteiger partial charge is 0.347 e. The van der Waals surface area contributed by atoms with Crippen LogP contribution in [0.1, 0.15) is 64.1 Å². The van der Waals surface area contributed by atoms with E-state index in [1.807, 2.05) is 60.7 Å². The Balaban J connectivity index is 1.65. The average Bonchev–Trinajstić information content (AvgIpc) is 3.11. The second kappa shape index (κ2) is 10.3. The highest BCUT2D eigenvalue weighted by Gasteiger charge is 2.43. The maximum atomic E-state index is 13.7. The van der Waals surface area contributed by atoms with Gasteiger partial charge in [0.25, 0.3) is 11.8 Å². The maximum absolute atomic E-state index is 13.7. The minimum atomic E-state index is -0.937. The molecular weight excluding hydrogens is 412 g/mol. The maximum Gasteiger partial charge on any atom is 0.262 e. The topological polar surface area (TPSA) is 66.5 Å². The fourth-order valence-corrected chi connectivity index (χ4v) is 4.31. The Morgan fingerprint density at radius 3 is 1.94 bits per heavy atom. The molecule has 1 heterocycles. The van der Waals surface area contributed by atoms with Crippen LogP contribution in [-0.2, 0) is 11.2 Å². The average molecular weight is 441 g/mol. The van der Waals surface area contributed by atoms with Gasteiger partial charge < -0.3 is 5.32 Å². The van der Waals surface area contributed by atoms with Gasteiger partial charge in [-0.15, -0.1) is 0 Å². The molecule has 168 valence electrons. The van der Waals surface area contributed by atoms with Gasteiger partial charge in [-0.05, 0) is 29.7 Å². The Morgan fingerprint density at radius 2 is 1.36 bits per heavy atom. The summed E-state index contributed by atoms with van der Waals surface area (Å²) in [5.74, 6) is -1.16. The summed E-state index contributed by atoms with van der Waals surface area (Å²) in [6, 6.07) is 24.9. The Bertz CT molecular complexity index is 1090. The van der Waals surface area contributed by atoms with Gasteiger partial charge in [0.2, 0.25) is 5.91 Å². The molecule has 1 N–H and O–H groups in total. The number of fused-ring (bicyclic) bond motifs is 1. The number of amides is 3. The number of nitrogens with zero attached hydrogens (tertiary/aromatic N) is 1. The van der Waals surface area contributed by atoms with Gasteiger partial charge in [0.05, 0.1) is 17.2 Å². The predicted octanol–water partition coefficient (Wildman–Crippen LogP) is 4.94. The molecule has 0 fully saturated rings. The molecule has 0 saturated carbocycles. The molecular formula is C28H28N2O3. The molecule has 1 aliphatic heterocycles. The summed E-state index contributed by atoms with van der Waals surface area (Å²) in [6.45, 7) is 2.11. The van der Waals surface area contributed by atoms with Gasteiger partial charge in [-0.3, -0.25) is 19.3 Å². The van der Waals surface area contributed by atoms with Crippen LogP contribution in [0.15, 0.2) is 84.9 Å². The van der Waals surface area contributed by atoms with Gasteiger partial charge in [-0.2, -0.15) is 0 Å². The van der Waals surface area contributed by atoms with Crippen molar-refractivity contribution in [2.24, 2.45) is 0 Å². The van der Waals surface area contributed by atoms with Crippen LogP contribution in [0.5, 0.6) is 0 Å². The first-order valence-electron chi connectivity index (χ1n) is 11.5. The van der Waals surface area contributed by atoms with Crippen LogP contribution in [0.25, 0.3) is 0 Å². The summed E-state index contributed by atoms with van der Waals surface area (Å²) in [5.41, 5.74) is 2.59. The number of imide groups is 1. The molecule has 33 heavy (non-hydrogen) atoms. The Labute approximate surface area is 194 Å². The van der Waals surface area contributed by atoms with Gasteiger partial charge >= 0.3 is 0 Å². The van der Waals surface area contributed by atoms with E-state index < -0.39 is 17.9 Å². The van der Waals surface area contributed by atoms with E-state index in [2.05, 4.69) is 12.2 Å². The lowest BCUT2D eigenvalue weighted by molar-refractivity contribution is -0.125. The molecule has 4 rings (SSSR count). The van der Waals surface area contributed by atoms with Crippen LogP contribution >= 0.6 is 0 Å². The second-order valence-electron chi connectivity index (χ2n) is 8.35. The molecule has 0 saturated heterocycles.